The number of hydrogen-bond donors (Lipinski definition) is 1. The normalized spacial score (nSPS) is 25.8. The van der Waals surface area contributed by atoms with Crippen LogP contribution in [0.3, 0.4) is 0 Å². The summed E-state index contributed by atoms with van der Waals surface area (Å²) in [5, 5.41) is 0. The van der Waals surface area contributed by atoms with Gasteiger partial charge in [-0.25, -0.2) is 13.1 Å². The number of amides is 1. The Kier molecular flexibility index (Phi) is 5.31. The van der Waals surface area contributed by atoms with Gasteiger partial charge >= 0.3 is 0 Å². The maximum atomic E-state index is 12.6. The van der Waals surface area contributed by atoms with Gasteiger partial charge in [-0.15, -0.1) is 0 Å². The highest BCUT2D eigenvalue weighted by molar-refractivity contribution is 7.88. The number of carbonyl (C=O) groups is 1. The Hall–Kier alpha value is -1.64. The molecule has 2 fully saturated rings. The molecule has 1 aromatic carbocycles. The largest absolute Gasteiger partial charge is 0.497 e. The monoisotopic (exact) mass is 368 g/mol. The molecule has 2 heterocycles. The van der Waals surface area contributed by atoms with Gasteiger partial charge in [0.2, 0.25) is 15.9 Å². The highest BCUT2D eigenvalue weighted by Crippen LogP contribution is 2.33. The second-order valence-electron chi connectivity index (χ2n) is 6.74. The van der Waals surface area contributed by atoms with E-state index >= 15 is 0 Å². The molecule has 3 atom stereocenters. The van der Waals surface area contributed by atoms with E-state index in [1.807, 2.05) is 29.2 Å². The minimum Gasteiger partial charge on any atom is -0.497 e. The molecule has 0 unspecified atom stereocenters. The molecule has 0 spiro atoms. The first kappa shape index (κ1) is 18.2. The van der Waals surface area contributed by atoms with Gasteiger partial charge in [0.05, 0.1) is 32.5 Å². The lowest BCUT2D eigenvalue weighted by atomic mass is 9.93. The zero-order valence-electron chi connectivity index (χ0n) is 14.5. The molecule has 1 amide bonds. The number of hydrogen-bond acceptors (Lipinski definition) is 5. The number of likely N-dealkylation sites (tertiary alicyclic amines) is 1. The van der Waals surface area contributed by atoms with E-state index in [2.05, 4.69) is 4.72 Å². The van der Waals surface area contributed by atoms with Crippen LogP contribution >= 0.6 is 0 Å². The predicted octanol–water partition coefficient (Wildman–Crippen LogP) is 0.260. The Labute approximate surface area is 148 Å². The van der Waals surface area contributed by atoms with Crippen LogP contribution in [0.1, 0.15) is 5.56 Å². The molecule has 25 heavy (non-hydrogen) atoms. The molecule has 0 aromatic heterocycles. The van der Waals surface area contributed by atoms with Gasteiger partial charge in [0.1, 0.15) is 5.75 Å². The summed E-state index contributed by atoms with van der Waals surface area (Å²) in [7, 11) is -1.60. The molecule has 1 N–H and O–H groups in total. The van der Waals surface area contributed by atoms with Crippen molar-refractivity contribution in [2.24, 2.45) is 11.8 Å². The smallest absolute Gasteiger partial charge is 0.227 e. The van der Waals surface area contributed by atoms with Crippen LogP contribution in [-0.2, 0) is 26.0 Å². The third-order valence-electron chi connectivity index (χ3n) is 4.91. The van der Waals surface area contributed by atoms with E-state index in [1.165, 1.54) is 0 Å². The van der Waals surface area contributed by atoms with Crippen molar-refractivity contribution >= 4 is 15.9 Å². The molecule has 0 bridgehead atoms. The third kappa shape index (κ3) is 4.50. The Balaban J connectivity index is 1.55. The Morgan fingerprint density at radius 2 is 2.04 bits per heavy atom. The molecule has 0 aliphatic carbocycles. The molecule has 2 saturated heterocycles. The van der Waals surface area contributed by atoms with Crippen molar-refractivity contribution in [3.8, 4) is 5.75 Å². The average Bonchev–Trinajstić information content (AvgIpc) is 3.13. The van der Waals surface area contributed by atoms with E-state index in [4.69, 9.17) is 9.47 Å². The summed E-state index contributed by atoms with van der Waals surface area (Å²) < 4.78 is 36.0. The predicted molar refractivity (Wildman–Crippen MR) is 92.8 cm³/mol. The standard InChI is InChI=1S/C17H24N2O5S/c1-23-14-5-3-12(4-6-14)7-17(20)19-9-15-13(8-18-25(2,21)22)11-24-16(15)10-19/h3-6,13,15-16,18H,7-11H2,1-2H3/t13-,15+,16+/m1/s1. The number of fused-ring (bicyclic) bond motifs is 1. The number of carbonyl (C=O) groups excluding carboxylic acids is 1. The zero-order chi connectivity index (χ0) is 18.0. The van der Waals surface area contributed by atoms with E-state index in [1.54, 1.807) is 7.11 Å². The fourth-order valence-electron chi connectivity index (χ4n) is 3.50. The highest BCUT2D eigenvalue weighted by Gasteiger charge is 2.45. The summed E-state index contributed by atoms with van der Waals surface area (Å²) in [5.74, 6) is 1.13. The maximum absolute atomic E-state index is 12.6. The minimum atomic E-state index is -3.21. The maximum Gasteiger partial charge on any atom is 0.227 e. The molecule has 0 saturated carbocycles. The molecule has 0 radical (unpaired) electrons. The van der Waals surface area contributed by atoms with Crippen molar-refractivity contribution in [3.05, 3.63) is 29.8 Å². The van der Waals surface area contributed by atoms with Crippen molar-refractivity contribution in [2.75, 3.05) is 39.6 Å². The number of rotatable bonds is 6. The summed E-state index contributed by atoms with van der Waals surface area (Å²) >= 11 is 0. The van der Waals surface area contributed by atoms with Crippen LogP contribution in [0.4, 0.5) is 0 Å². The van der Waals surface area contributed by atoms with Crippen molar-refractivity contribution in [1.82, 2.24) is 9.62 Å². The lowest BCUT2D eigenvalue weighted by molar-refractivity contribution is -0.130. The Bertz CT molecular complexity index is 719. The van der Waals surface area contributed by atoms with Gasteiger partial charge < -0.3 is 14.4 Å². The van der Waals surface area contributed by atoms with Crippen molar-refractivity contribution in [1.29, 1.82) is 0 Å². The number of benzene rings is 1. The van der Waals surface area contributed by atoms with Crippen molar-refractivity contribution < 1.29 is 22.7 Å². The van der Waals surface area contributed by atoms with E-state index < -0.39 is 10.0 Å². The number of nitrogens with zero attached hydrogens (tertiary/aromatic N) is 1. The van der Waals surface area contributed by atoms with E-state index in [-0.39, 0.29) is 23.8 Å². The Morgan fingerprint density at radius 3 is 2.68 bits per heavy atom. The fraction of sp³-hybridized carbons (Fsp3) is 0.588. The van der Waals surface area contributed by atoms with Crippen LogP contribution < -0.4 is 9.46 Å². The first-order valence-corrected chi connectivity index (χ1v) is 10.2. The SMILES string of the molecule is COc1ccc(CC(=O)N2C[C@H]3[C@H](CNS(C)(=O)=O)CO[C@H]3C2)cc1. The summed E-state index contributed by atoms with van der Waals surface area (Å²) in [5.41, 5.74) is 0.944. The van der Waals surface area contributed by atoms with Gasteiger partial charge in [0, 0.05) is 31.5 Å². The Morgan fingerprint density at radius 1 is 1.32 bits per heavy atom. The van der Waals surface area contributed by atoms with Gasteiger partial charge in [0.15, 0.2) is 0 Å². The summed E-state index contributed by atoms with van der Waals surface area (Å²) in [6.45, 7) is 2.10. The quantitative estimate of drug-likeness (QED) is 0.779. The first-order valence-electron chi connectivity index (χ1n) is 8.32. The first-order chi connectivity index (χ1) is 11.9. The number of methoxy groups -OCH3 is 1. The lowest BCUT2D eigenvalue weighted by Gasteiger charge is -2.20. The van der Waals surface area contributed by atoms with Crippen molar-refractivity contribution in [2.45, 2.75) is 12.5 Å². The van der Waals surface area contributed by atoms with Gasteiger partial charge in [0.25, 0.3) is 0 Å². The second-order valence-corrected chi connectivity index (χ2v) is 8.57. The van der Waals surface area contributed by atoms with Crippen LogP contribution in [-0.4, -0.2) is 64.9 Å². The van der Waals surface area contributed by atoms with E-state index in [9.17, 15) is 13.2 Å². The fourth-order valence-corrected chi connectivity index (χ4v) is 4.02. The van der Waals surface area contributed by atoms with Crippen LogP contribution in [0, 0.1) is 11.8 Å². The average molecular weight is 368 g/mol. The molecular formula is C17H24N2O5S. The summed E-state index contributed by atoms with van der Waals surface area (Å²) in [6, 6.07) is 7.47. The van der Waals surface area contributed by atoms with Gasteiger partial charge in [-0.2, -0.15) is 0 Å². The summed E-state index contributed by atoms with van der Waals surface area (Å²) in [4.78, 5) is 14.4. The van der Waals surface area contributed by atoms with E-state index in [0.29, 0.717) is 32.7 Å². The van der Waals surface area contributed by atoms with Crippen LogP contribution in [0.15, 0.2) is 24.3 Å². The minimum absolute atomic E-state index is 0.00572. The van der Waals surface area contributed by atoms with Crippen LogP contribution in [0.25, 0.3) is 0 Å². The molecule has 2 aliphatic heterocycles. The van der Waals surface area contributed by atoms with Crippen LogP contribution in [0.5, 0.6) is 5.75 Å². The van der Waals surface area contributed by atoms with Crippen molar-refractivity contribution in [3.63, 3.8) is 0 Å². The molecule has 7 nitrogen and oxygen atoms in total. The topological polar surface area (TPSA) is 84.9 Å². The molecular weight excluding hydrogens is 344 g/mol. The molecule has 138 valence electrons. The van der Waals surface area contributed by atoms with Gasteiger partial charge in [-0.3, -0.25) is 4.79 Å². The van der Waals surface area contributed by atoms with Crippen LogP contribution in [0.2, 0.25) is 0 Å². The van der Waals surface area contributed by atoms with E-state index in [0.717, 1.165) is 17.6 Å². The second kappa shape index (κ2) is 7.31. The highest BCUT2D eigenvalue weighted by atomic mass is 32.2. The number of sulfonamides is 1. The zero-order valence-corrected chi connectivity index (χ0v) is 15.3. The number of nitrogens with one attached hydrogen (secondary N) is 1. The van der Waals surface area contributed by atoms with Gasteiger partial charge in [-0.1, -0.05) is 12.1 Å². The summed E-state index contributed by atoms with van der Waals surface area (Å²) in [6.07, 6.45) is 1.50. The molecule has 8 heteroatoms. The third-order valence-corrected chi connectivity index (χ3v) is 5.60. The molecule has 3 rings (SSSR count). The van der Waals surface area contributed by atoms with Gasteiger partial charge in [-0.05, 0) is 17.7 Å². The lowest BCUT2D eigenvalue weighted by Crippen LogP contribution is -2.35. The number of ether oxygens (including phenoxy) is 2. The molecule has 1 aromatic rings. The molecule has 2 aliphatic rings.